The molecule has 1 aromatic carbocycles. The van der Waals surface area contributed by atoms with Gasteiger partial charge in [0.25, 0.3) is 0 Å². The fourth-order valence-electron chi connectivity index (χ4n) is 2.11. The van der Waals surface area contributed by atoms with Crippen molar-refractivity contribution in [3.05, 3.63) is 35.9 Å². The van der Waals surface area contributed by atoms with E-state index in [1.807, 2.05) is 30.3 Å². The molecule has 0 aliphatic heterocycles. The van der Waals surface area contributed by atoms with E-state index in [2.05, 4.69) is 0 Å². The van der Waals surface area contributed by atoms with Gasteiger partial charge in [0.05, 0.1) is 12.5 Å². The third-order valence-electron chi connectivity index (χ3n) is 3.00. The van der Waals surface area contributed by atoms with Crippen molar-refractivity contribution >= 4 is 0 Å². The lowest BCUT2D eigenvalue weighted by Gasteiger charge is -2.12. The van der Waals surface area contributed by atoms with Crippen LogP contribution in [0.5, 0.6) is 0 Å². The molecule has 1 fully saturated rings. The van der Waals surface area contributed by atoms with Crippen molar-refractivity contribution in [2.75, 3.05) is 0 Å². The molecule has 1 N–H and O–H groups in total. The normalized spacial score (nSPS) is 26.5. The maximum absolute atomic E-state index is 12.1. The molecular weight excluding hydrogens is 217 g/mol. The van der Waals surface area contributed by atoms with Crippen LogP contribution in [0, 0.1) is 5.92 Å². The van der Waals surface area contributed by atoms with Crippen LogP contribution >= 0.6 is 0 Å². The van der Waals surface area contributed by atoms with Gasteiger partial charge in [-0.25, -0.2) is 0 Å². The molecule has 0 bridgehead atoms. The van der Waals surface area contributed by atoms with Crippen LogP contribution in [0.4, 0.5) is 13.2 Å². The molecular formula is C12H13F3O. The Morgan fingerprint density at radius 2 is 1.88 bits per heavy atom. The highest BCUT2D eigenvalue weighted by atomic mass is 19.4. The van der Waals surface area contributed by atoms with Gasteiger partial charge in [0, 0.05) is 0 Å². The highest BCUT2D eigenvalue weighted by Gasteiger charge is 2.46. The third kappa shape index (κ3) is 2.76. The van der Waals surface area contributed by atoms with Crippen molar-refractivity contribution in [2.24, 2.45) is 5.92 Å². The first-order chi connectivity index (χ1) is 7.47. The van der Waals surface area contributed by atoms with E-state index in [9.17, 15) is 18.3 Å². The summed E-state index contributed by atoms with van der Waals surface area (Å²) < 4.78 is 36.2. The zero-order chi connectivity index (χ0) is 11.8. The fourth-order valence-corrected chi connectivity index (χ4v) is 2.11. The summed E-state index contributed by atoms with van der Waals surface area (Å²) >= 11 is 0. The lowest BCUT2D eigenvalue weighted by molar-refractivity contribution is -0.155. The van der Waals surface area contributed by atoms with E-state index in [4.69, 9.17) is 0 Å². The van der Waals surface area contributed by atoms with E-state index < -0.39 is 18.7 Å². The second-order valence-electron chi connectivity index (χ2n) is 4.30. The van der Waals surface area contributed by atoms with Crippen molar-refractivity contribution in [3.63, 3.8) is 0 Å². The summed E-state index contributed by atoms with van der Waals surface area (Å²) in [4.78, 5) is 0. The van der Waals surface area contributed by atoms with E-state index in [0.29, 0.717) is 6.42 Å². The van der Waals surface area contributed by atoms with E-state index in [-0.39, 0.29) is 11.8 Å². The van der Waals surface area contributed by atoms with Crippen LogP contribution in [0.2, 0.25) is 0 Å². The molecule has 1 aliphatic rings. The second kappa shape index (κ2) is 4.09. The van der Waals surface area contributed by atoms with E-state index in [1.54, 1.807) is 0 Å². The minimum absolute atomic E-state index is 0.0959. The molecule has 1 saturated carbocycles. The van der Waals surface area contributed by atoms with Gasteiger partial charge in [0.1, 0.15) is 0 Å². The predicted molar refractivity (Wildman–Crippen MR) is 54.0 cm³/mol. The fraction of sp³-hybridized carbons (Fsp3) is 0.500. The highest BCUT2D eigenvalue weighted by Crippen LogP contribution is 2.51. The van der Waals surface area contributed by atoms with Gasteiger partial charge in [-0.15, -0.1) is 0 Å². The number of hydrogen-bond donors (Lipinski definition) is 1. The Kier molecular flexibility index (Phi) is 2.93. The second-order valence-corrected chi connectivity index (χ2v) is 4.30. The summed E-state index contributed by atoms with van der Waals surface area (Å²) in [6.07, 6.45) is -5.98. The summed E-state index contributed by atoms with van der Waals surface area (Å²) in [5.41, 5.74) is 1.02. The predicted octanol–water partition coefficient (Wildman–Crippen LogP) is 3.10. The standard InChI is InChI=1S/C12H13F3O/c13-12(14,15)7-11(16)10-6-9(10)8-4-2-1-3-5-8/h1-5,9-11,16H,6-7H2. The lowest BCUT2D eigenvalue weighted by atomic mass is 10.1. The van der Waals surface area contributed by atoms with Gasteiger partial charge in [0.2, 0.25) is 0 Å². The molecule has 0 heterocycles. The minimum atomic E-state index is -4.27. The Hall–Kier alpha value is -1.03. The molecule has 3 unspecified atom stereocenters. The Morgan fingerprint density at radius 1 is 1.25 bits per heavy atom. The smallest absolute Gasteiger partial charge is 0.391 e. The van der Waals surface area contributed by atoms with E-state index in [0.717, 1.165) is 5.56 Å². The van der Waals surface area contributed by atoms with E-state index in [1.165, 1.54) is 0 Å². The molecule has 4 heteroatoms. The quantitative estimate of drug-likeness (QED) is 0.845. The maximum Gasteiger partial charge on any atom is 0.391 e. The zero-order valence-electron chi connectivity index (χ0n) is 8.61. The molecule has 0 aromatic heterocycles. The minimum Gasteiger partial charge on any atom is -0.392 e. The SMILES string of the molecule is OC(CC(F)(F)F)C1CC1c1ccccc1. The van der Waals surface area contributed by atoms with Gasteiger partial charge >= 0.3 is 6.18 Å². The van der Waals surface area contributed by atoms with Crippen LogP contribution in [-0.4, -0.2) is 17.4 Å². The summed E-state index contributed by atoms with van der Waals surface area (Å²) in [5.74, 6) is -0.137. The van der Waals surface area contributed by atoms with Crippen LogP contribution in [-0.2, 0) is 0 Å². The van der Waals surface area contributed by atoms with Gasteiger partial charge in [-0.05, 0) is 23.8 Å². The topological polar surface area (TPSA) is 20.2 Å². The third-order valence-corrected chi connectivity index (χ3v) is 3.00. The van der Waals surface area contributed by atoms with Gasteiger partial charge < -0.3 is 5.11 Å². The number of aliphatic hydroxyl groups excluding tert-OH is 1. The molecule has 0 radical (unpaired) electrons. The molecule has 1 nitrogen and oxygen atoms in total. The summed E-state index contributed by atoms with van der Waals surface area (Å²) in [6, 6.07) is 9.38. The van der Waals surface area contributed by atoms with Crippen LogP contribution in [0.1, 0.15) is 24.3 Å². The molecule has 3 atom stereocenters. The number of hydrogen-bond acceptors (Lipinski definition) is 1. The molecule has 0 spiro atoms. The first kappa shape index (κ1) is 11.5. The van der Waals surface area contributed by atoms with Crippen molar-refractivity contribution in [3.8, 4) is 0 Å². The molecule has 1 aliphatic carbocycles. The number of halogens is 3. The molecule has 1 aromatic rings. The Morgan fingerprint density at radius 3 is 2.44 bits per heavy atom. The maximum atomic E-state index is 12.1. The zero-order valence-corrected chi connectivity index (χ0v) is 8.61. The largest absolute Gasteiger partial charge is 0.392 e. The summed E-state index contributed by atoms with van der Waals surface area (Å²) in [6.45, 7) is 0. The summed E-state index contributed by atoms with van der Waals surface area (Å²) in [7, 11) is 0. The Balaban J connectivity index is 1.92. The average Bonchev–Trinajstić information content (AvgIpc) is 2.96. The van der Waals surface area contributed by atoms with Crippen molar-refractivity contribution in [2.45, 2.75) is 31.0 Å². The van der Waals surface area contributed by atoms with Crippen molar-refractivity contribution in [1.82, 2.24) is 0 Å². The monoisotopic (exact) mass is 230 g/mol. The first-order valence-electron chi connectivity index (χ1n) is 5.27. The van der Waals surface area contributed by atoms with Crippen LogP contribution in [0.15, 0.2) is 30.3 Å². The lowest BCUT2D eigenvalue weighted by Crippen LogP contribution is -2.21. The highest BCUT2D eigenvalue weighted by molar-refractivity contribution is 5.26. The van der Waals surface area contributed by atoms with Crippen molar-refractivity contribution < 1.29 is 18.3 Å². The van der Waals surface area contributed by atoms with Crippen LogP contribution < -0.4 is 0 Å². The van der Waals surface area contributed by atoms with Gasteiger partial charge in [-0.2, -0.15) is 13.2 Å². The number of aliphatic hydroxyl groups is 1. The Labute approximate surface area is 91.9 Å². The Bertz CT molecular complexity index is 347. The number of alkyl halides is 3. The number of rotatable bonds is 3. The van der Waals surface area contributed by atoms with Gasteiger partial charge in [-0.3, -0.25) is 0 Å². The molecule has 2 rings (SSSR count). The number of benzene rings is 1. The van der Waals surface area contributed by atoms with Crippen LogP contribution in [0.25, 0.3) is 0 Å². The average molecular weight is 230 g/mol. The van der Waals surface area contributed by atoms with Crippen LogP contribution in [0.3, 0.4) is 0 Å². The molecule has 88 valence electrons. The molecule has 16 heavy (non-hydrogen) atoms. The molecule has 0 amide bonds. The van der Waals surface area contributed by atoms with Gasteiger partial charge in [0.15, 0.2) is 0 Å². The van der Waals surface area contributed by atoms with Gasteiger partial charge in [-0.1, -0.05) is 30.3 Å². The first-order valence-corrected chi connectivity index (χ1v) is 5.27. The molecule has 0 saturated heterocycles. The van der Waals surface area contributed by atoms with E-state index >= 15 is 0 Å². The van der Waals surface area contributed by atoms with Crippen molar-refractivity contribution in [1.29, 1.82) is 0 Å². The summed E-state index contributed by atoms with van der Waals surface area (Å²) in [5, 5.41) is 9.44.